The van der Waals surface area contributed by atoms with Gasteiger partial charge in [-0.3, -0.25) is 0 Å². The molecule has 1 aromatic heterocycles. The van der Waals surface area contributed by atoms with Crippen LogP contribution in [-0.2, 0) is 6.54 Å². The summed E-state index contributed by atoms with van der Waals surface area (Å²) < 4.78 is 7.77. The highest BCUT2D eigenvalue weighted by Gasteiger charge is 2.24. The third-order valence-electron chi connectivity index (χ3n) is 2.76. The van der Waals surface area contributed by atoms with E-state index >= 15 is 0 Å². The molecular weight excluding hydrogens is 204 g/mol. The first-order valence-corrected chi connectivity index (χ1v) is 5.58. The summed E-state index contributed by atoms with van der Waals surface area (Å²) in [6.45, 7) is 2.77. The molecule has 0 amide bonds. The fraction of sp³-hybridized carbons (Fsp3) is 0.727. The standard InChI is InChI=1S/C11H20N4O/c1-13(2)6-9-7-15-11(16-8-9)10(5-12-15)14(3)4/h5,9H,6-8H2,1-4H3. The molecule has 2 rings (SSSR count). The van der Waals surface area contributed by atoms with Crippen LogP contribution in [0.15, 0.2) is 6.20 Å². The van der Waals surface area contributed by atoms with E-state index in [-0.39, 0.29) is 0 Å². The van der Waals surface area contributed by atoms with Crippen LogP contribution in [0.1, 0.15) is 0 Å². The Kier molecular flexibility index (Phi) is 3.05. The predicted octanol–water partition coefficient (Wildman–Crippen LogP) is 0.519. The summed E-state index contributed by atoms with van der Waals surface area (Å²) in [5.41, 5.74) is 1.06. The molecule has 1 aliphatic rings. The van der Waals surface area contributed by atoms with Crippen molar-refractivity contribution in [1.29, 1.82) is 0 Å². The zero-order valence-electron chi connectivity index (χ0n) is 10.5. The molecule has 1 atom stereocenters. The lowest BCUT2D eigenvalue weighted by molar-refractivity contribution is 0.140. The van der Waals surface area contributed by atoms with Gasteiger partial charge in [-0.2, -0.15) is 5.10 Å². The number of hydrogen-bond donors (Lipinski definition) is 0. The normalized spacial score (nSPS) is 19.4. The predicted molar refractivity (Wildman–Crippen MR) is 64.1 cm³/mol. The zero-order valence-corrected chi connectivity index (χ0v) is 10.5. The van der Waals surface area contributed by atoms with Gasteiger partial charge in [0.15, 0.2) is 0 Å². The highest BCUT2D eigenvalue weighted by atomic mass is 16.5. The van der Waals surface area contributed by atoms with E-state index < -0.39 is 0 Å². The van der Waals surface area contributed by atoms with E-state index in [0.29, 0.717) is 5.92 Å². The van der Waals surface area contributed by atoms with E-state index in [1.165, 1.54) is 0 Å². The average Bonchev–Trinajstić information content (AvgIpc) is 2.59. The zero-order chi connectivity index (χ0) is 11.7. The van der Waals surface area contributed by atoms with Crippen LogP contribution in [0.5, 0.6) is 5.88 Å². The van der Waals surface area contributed by atoms with Crippen molar-refractivity contribution in [3.05, 3.63) is 6.20 Å². The highest BCUT2D eigenvalue weighted by molar-refractivity contribution is 5.53. The first kappa shape index (κ1) is 11.3. The van der Waals surface area contributed by atoms with Crippen LogP contribution >= 0.6 is 0 Å². The summed E-state index contributed by atoms with van der Waals surface area (Å²) in [5.74, 6) is 1.43. The van der Waals surface area contributed by atoms with Gasteiger partial charge in [-0.15, -0.1) is 0 Å². The number of aromatic nitrogens is 2. The van der Waals surface area contributed by atoms with E-state index in [1.807, 2.05) is 29.9 Å². The third kappa shape index (κ3) is 2.14. The quantitative estimate of drug-likeness (QED) is 0.749. The number of nitrogens with zero attached hydrogens (tertiary/aromatic N) is 4. The minimum Gasteiger partial charge on any atom is -0.476 e. The van der Waals surface area contributed by atoms with E-state index in [0.717, 1.165) is 31.3 Å². The van der Waals surface area contributed by atoms with Crippen molar-refractivity contribution in [2.24, 2.45) is 5.92 Å². The van der Waals surface area contributed by atoms with Gasteiger partial charge in [0.05, 0.1) is 19.3 Å². The van der Waals surface area contributed by atoms with Crippen molar-refractivity contribution in [2.75, 3.05) is 46.2 Å². The molecule has 0 radical (unpaired) electrons. The van der Waals surface area contributed by atoms with Gasteiger partial charge in [-0.25, -0.2) is 4.68 Å². The first-order valence-electron chi connectivity index (χ1n) is 5.58. The second-order valence-electron chi connectivity index (χ2n) is 4.85. The molecule has 1 aliphatic heterocycles. The number of rotatable bonds is 3. The minimum absolute atomic E-state index is 0.525. The number of ether oxygens (including phenoxy) is 1. The number of anilines is 1. The molecule has 0 fully saturated rings. The Bertz CT molecular complexity index is 359. The maximum Gasteiger partial charge on any atom is 0.236 e. The van der Waals surface area contributed by atoms with Crippen LogP contribution in [-0.4, -0.2) is 56.0 Å². The van der Waals surface area contributed by atoms with Crippen molar-refractivity contribution in [1.82, 2.24) is 14.7 Å². The maximum atomic E-state index is 5.80. The molecular formula is C11H20N4O. The van der Waals surface area contributed by atoms with Gasteiger partial charge in [0.1, 0.15) is 5.69 Å². The molecule has 0 aromatic carbocycles. The molecule has 0 saturated carbocycles. The van der Waals surface area contributed by atoms with Gasteiger partial charge < -0.3 is 14.5 Å². The van der Waals surface area contributed by atoms with Gasteiger partial charge in [-0.05, 0) is 14.1 Å². The molecule has 0 spiro atoms. The van der Waals surface area contributed by atoms with Gasteiger partial charge in [0, 0.05) is 26.6 Å². The first-order chi connectivity index (χ1) is 7.58. The van der Waals surface area contributed by atoms with Crippen LogP contribution in [0, 0.1) is 5.92 Å². The van der Waals surface area contributed by atoms with Crippen LogP contribution in [0.25, 0.3) is 0 Å². The molecule has 90 valence electrons. The van der Waals surface area contributed by atoms with E-state index in [9.17, 15) is 0 Å². The Morgan fingerprint density at radius 3 is 2.81 bits per heavy atom. The molecule has 1 aromatic rings. The Balaban J connectivity index is 2.11. The van der Waals surface area contributed by atoms with Crippen molar-refractivity contribution >= 4 is 5.69 Å². The topological polar surface area (TPSA) is 33.5 Å². The fourth-order valence-electron chi connectivity index (χ4n) is 2.07. The molecule has 0 aliphatic carbocycles. The van der Waals surface area contributed by atoms with Crippen molar-refractivity contribution in [2.45, 2.75) is 6.54 Å². The van der Waals surface area contributed by atoms with Crippen LogP contribution in [0.2, 0.25) is 0 Å². The Morgan fingerprint density at radius 2 is 2.19 bits per heavy atom. The monoisotopic (exact) mass is 224 g/mol. The molecule has 5 heteroatoms. The van der Waals surface area contributed by atoms with Crippen LogP contribution < -0.4 is 9.64 Å². The molecule has 2 heterocycles. The Labute approximate surface area is 96.6 Å². The van der Waals surface area contributed by atoms with Gasteiger partial charge in [-0.1, -0.05) is 0 Å². The minimum atomic E-state index is 0.525. The number of hydrogen-bond acceptors (Lipinski definition) is 4. The summed E-state index contributed by atoms with van der Waals surface area (Å²) in [5, 5.41) is 4.37. The average molecular weight is 224 g/mol. The summed E-state index contributed by atoms with van der Waals surface area (Å²) in [6.07, 6.45) is 1.87. The molecule has 0 bridgehead atoms. The Morgan fingerprint density at radius 1 is 1.44 bits per heavy atom. The number of fused-ring (bicyclic) bond motifs is 1. The molecule has 5 nitrogen and oxygen atoms in total. The SMILES string of the molecule is CN(C)CC1COc2c(N(C)C)cnn2C1. The van der Waals surface area contributed by atoms with Gasteiger partial charge in [0.2, 0.25) is 5.88 Å². The molecule has 16 heavy (non-hydrogen) atoms. The summed E-state index contributed by atoms with van der Waals surface area (Å²) in [6, 6.07) is 0. The lowest BCUT2D eigenvalue weighted by atomic mass is 10.1. The summed E-state index contributed by atoms with van der Waals surface area (Å²) in [7, 11) is 8.19. The molecule has 0 N–H and O–H groups in total. The third-order valence-corrected chi connectivity index (χ3v) is 2.76. The second-order valence-corrected chi connectivity index (χ2v) is 4.85. The van der Waals surface area contributed by atoms with Crippen LogP contribution in [0.3, 0.4) is 0 Å². The lowest BCUT2D eigenvalue weighted by Gasteiger charge is -2.27. The molecule has 0 saturated heterocycles. The smallest absolute Gasteiger partial charge is 0.236 e. The summed E-state index contributed by atoms with van der Waals surface area (Å²) >= 11 is 0. The summed E-state index contributed by atoms with van der Waals surface area (Å²) in [4.78, 5) is 4.22. The van der Waals surface area contributed by atoms with Gasteiger partial charge in [0.25, 0.3) is 0 Å². The lowest BCUT2D eigenvalue weighted by Crippen LogP contribution is -2.33. The van der Waals surface area contributed by atoms with Crippen molar-refractivity contribution in [3.63, 3.8) is 0 Å². The van der Waals surface area contributed by atoms with Gasteiger partial charge >= 0.3 is 0 Å². The van der Waals surface area contributed by atoms with Crippen molar-refractivity contribution in [3.8, 4) is 5.88 Å². The second kappa shape index (κ2) is 4.33. The maximum absolute atomic E-state index is 5.80. The Hall–Kier alpha value is -1.23. The van der Waals surface area contributed by atoms with E-state index in [1.54, 1.807) is 0 Å². The largest absolute Gasteiger partial charge is 0.476 e. The molecule has 1 unspecified atom stereocenters. The van der Waals surface area contributed by atoms with Crippen molar-refractivity contribution < 1.29 is 4.74 Å². The van der Waals surface area contributed by atoms with Crippen LogP contribution in [0.4, 0.5) is 5.69 Å². The van der Waals surface area contributed by atoms with E-state index in [2.05, 4.69) is 24.1 Å². The van der Waals surface area contributed by atoms with E-state index in [4.69, 9.17) is 4.74 Å². The fourth-order valence-corrected chi connectivity index (χ4v) is 2.07. The highest BCUT2D eigenvalue weighted by Crippen LogP contribution is 2.30.